The number of halogens is 2. The molecule has 0 fully saturated rings. The van der Waals surface area contributed by atoms with Crippen molar-refractivity contribution in [2.24, 2.45) is 0 Å². The van der Waals surface area contributed by atoms with Gasteiger partial charge in [0, 0.05) is 5.39 Å². The minimum absolute atomic E-state index is 0.0277. The van der Waals surface area contributed by atoms with Gasteiger partial charge in [0.15, 0.2) is 0 Å². The van der Waals surface area contributed by atoms with Crippen molar-refractivity contribution in [3.8, 4) is 0 Å². The number of hydrogen-bond acceptors (Lipinski definition) is 2. The Hall–Kier alpha value is -2.33. The Labute approximate surface area is 125 Å². The lowest BCUT2D eigenvalue weighted by Gasteiger charge is -2.11. The van der Waals surface area contributed by atoms with E-state index >= 15 is 0 Å². The van der Waals surface area contributed by atoms with Gasteiger partial charge < -0.3 is 5.73 Å². The van der Waals surface area contributed by atoms with E-state index in [-0.39, 0.29) is 17.1 Å². The van der Waals surface area contributed by atoms with Gasteiger partial charge in [0.1, 0.15) is 11.6 Å². The number of nitrogens with two attached hydrogens (primary N) is 1. The van der Waals surface area contributed by atoms with Gasteiger partial charge in [-0.25, -0.2) is 4.39 Å². The molecule has 0 aliphatic heterocycles. The summed E-state index contributed by atoms with van der Waals surface area (Å²) in [7, 11) is 0. The highest BCUT2D eigenvalue weighted by atomic mass is 35.5. The molecule has 2 aromatic carbocycles. The van der Waals surface area contributed by atoms with Crippen molar-refractivity contribution in [3.05, 3.63) is 75.3 Å². The number of nitrogens with zero attached hydrogens (tertiary/aromatic N) is 1. The molecule has 0 aliphatic carbocycles. The van der Waals surface area contributed by atoms with Gasteiger partial charge in [-0.05, 0) is 35.2 Å². The third-order valence-electron chi connectivity index (χ3n) is 3.38. The maximum absolute atomic E-state index is 13.2. The lowest BCUT2D eigenvalue weighted by molar-refractivity contribution is 0.626. The smallest absolute Gasteiger partial charge is 0.260 e. The molecule has 106 valence electrons. The largest absolute Gasteiger partial charge is 0.385 e. The Balaban J connectivity index is 2.12. The molecule has 0 aliphatic rings. The summed E-state index contributed by atoms with van der Waals surface area (Å²) in [6.07, 6.45) is 0. The molecule has 5 heteroatoms. The van der Waals surface area contributed by atoms with E-state index in [4.69, 9.17) is 17.3 Å². The summed E-state index contributed by atoms with van der Waals surface area (Å²) in [5.74, 6) is -0.126. The molecule has 3 nitrogen and oxygen atoms in total. The number of fused-ring (bicyclic) bond motifs is 1. The highest BCUT2D eigenvalue weighted by Crippen LogP contribution is 2.18. The number of rotatable bonds is 2. The van der Waals surface area contributed by atoms with Crippen LogP contribution in [0.15, 0.2) is 53.3 Å². The number of aromatic nitrogens is 1. The summed E-state index contributed by atoms with van der Waals surface area (Å²) in [5, 5.41) is 1.42. The lowest BCUT2D eigenvalue weighted by atomic mass is 10.1. The molecule has 0 radical (unpaired) electrons. The summed E-state index contributed by atoms with van der Waals surface area (Å²) in [6, 6.07) is 13.4. The Bertz CT molecular complexity index is 889. The predicted octanol–water partition coefficient (Wildman–Crippen LogP) is 3.42. The normalized spacial score (nSPS) is 11.0. The van der Waals surface area contributed by atoms with Gasteiger partial charge in [-0.1, -0.05) is 35.9 Å². The van der Waals surface area contributed by atoms with Crippen molar-refractivity contribution in [2.75, 3.05) is 5.73 Å². The van der Waals surface area contributed by atoms with E-state index in [0.717, 1.165) is 5.39 Å². The fourth-order valence-electron chi connectivity index (χ4n) is 2.30. The van der Waals surface area contributed by atoms with Crippen LogP contribution in [0.4, 0.5) is 10.2 Å². The second-order valence-corrected chi connectivity index (χ2v) is 5.20. The molecule has 3 aromatic rings. The number of benzene rings is 2. The first-order valence-corrected chi connectivity index (χ1v) is 6.76. The average molecular weight is 303 g/mol. The Morgan fingerprint density at radius 2 is 1.90 bits per heavy atom. The maximum atomic E-state index is 13.2. The highest BCUT2D eigenvalue weighted by Gasteiger charge is 2.08. The fourth-order valence-corrected chi connectivity index (χ4v) is 2.50. The van der Waals surface area contributed by atoms with Crippen molar-refractivity contribution in [1.82, 2.24) is 4.57 Å². The predicted molar refractivity (Wildman–Crippen MR) is 83.1 cm³/mol. The van der Waals surface area contributed by atoms with E-state index in [1.807, 2.05) is 12.1 Å². The molecule has 0 bridgehead atoms. The minimum atomic E-state index is -0.487. The summed E-state index contributed by atoms with van der Waals surface area (Å²) < 4.78 is 14.6. The van der Waals surface area contributed by atoms with Crippen LogP contribution < -0.4 is 11.3 Å². The standard InChI is InChI=1S/C16H12ClFN2O/c17-13-7-10(5-6-14(13)18)9-20-15(19)8-11-3-1-2-4-12(11)16(20)21/h1-8H,9,19H2. The zero-order valence-corrected chi connectivity index (χ0v) is 11.8. The van der Waals surface area contributed by atoms with E-state index in [1.54, 1.807) is 24.3 Å². The van der Waals surface area contributed by atoms with Crippen molar-refractivity contribution < 1.29 is 4.39 Å². The second kappa shape index (κ2) is 5.22. The van der Waals surface area contributed by atoms with Gasteiger partial charge in [-0.15, -0.1) is 0 Å². The summed E-state index contributed by atoms with van der Waals surface area (Å²) >= 11 is 5.76. The van der Waals surface area contributed by atoms with Crippen molar-refractivity contribution in [3.63, 3.8) is 0 Å². The fraction of sp³-hybridized carbons (Fsp3) is 0.0625. The van der Waals surface area contributed by atoms with Crippen LogP contribution in [0.5, 0.6) is 0 Å². The minimum Gasteiger partial charge on any atom is -0.385 e. The first-order chi connectivity index (χ1) is 10.1. The monoisotopic (exact) mass is 302 g/mol. The molecular formula is C16H12ClFN2O. The zero-order valence-electron chi connectivity index (χ0n) is 11.0. The molecular weight excluding hydrogens is 291 g/mol. The molecule has 2 N–H and O–H groups in total. The first-order valence-electron chi connectivity index (χ1n) is 6.38. The molecule has 1 aromatic heterocycles. The van der Waals surface area contributed by atoms with E-state index in [2.05, 4.69) is 0 Å². The van der Waals surface area contributed by atoms with E-state index < -0.39 is 5.82 Å². The van der Waals surface area contributed by atoms with Crippen LogP contribution in [-0.4, -0.2) is 4.57 Å². The topological polar surface area (TPSA) is 48.0 Å². The maximum Gasteiger partial charge on any atom is 0.260 e. The average Bonchev–Trinajstić information content (AvgIpc) is 2.47. The van der Waals surface area contributed by atoms with Crippen LogP contribution in [0.1, 0.15) is 5.56 Å². The van der Waals surface area contributed by atoms with Crippen LogP contribution in [-0.2, 0) is 6.54 Å². The quantitative estimate of drug-likeness (QED) is 0.788. The number of nitrogen functional groups attached to an aromatic ring is 1. The van der Waals surface area contributed by atoms with Crippen molar-refractivity contribution in [2.45, 2.75) is 6.54 Å². The molecule has 0 unspecified atom stereocenters. The van der Waals surface area contributed by atoms with E-state index in [0.29, 0.717) is 16.8 Å². The van der Waals surface area contributed by atoms with Gasteiger partial charge in [-0.2, -0.15) is 0 Å². The molecule has 3 rings (SSSR count). The molecule has 1 heterocycles. The molecule has 0 saturated carbocycles. The molecule has 0 spiro atoms. The number of pyridine rings is 1. The van der Waals surface area contributed by atoms with E-state index in [9.17, 15) is 9.18 Å². The summed E-state index contributed by atoms with van der Waals surface area (Å²) in [6.45, 7) is 0.246. The van der Waals surface area contributed by atoms with Gasteiger partial charge >= 0.3 is 0 Å². The highest BCUT2D eigenvalue weighted by molar-refractivity contribution is 6.30. The molecule has 21 heavy (non-hydrogen) atoms. The Morgan fingerprint density at radius 3 is 2.67 bits per heavy atom. The van der Waals surface area contributed by atoms with Crippen LogP contribution in [0.3, 0.4) is 0 Å². The van der Waals surface area contributed by atoms with Crippen LogP contribution in [0.25, 0.3) is 10.8 Å². The van der Waals surface area contributed by atoms with Crippen molar-refractivity contribution >= 4 is 28.2 Å². The first kappa shape index (κ1) is 13.6. The molecule has 0 saturated heterocycles. The van der Waals surface area contributed by atoms with Crippen LogP contribution in [0, 0.1) is 5.82 Å². The zero-order chi connectivity index (χ0) is 15.0. The third kappa shape index (κ3) is 2.50. The number of anilines is 1. The molecule has 0 atom stereocenters. The number of hydrogen-bond donors (Lipinski definition) is 1. The SMILES string of the molecule is Nc1cc2ccccc2c(=O)n1Cc1ccc(F)c(Cl)c1. The van der Waals surface area contributed by atoms with Crippen LogP contribution in [0.2, 0.25) is 5.02 Å². The Morgan fingerprint density at radius 1 is 1.14 bits per heavy atom. The van der Waals surface area contributed by atoms with Gasteiger partial charge in [-0.3, -0.25) is 9.36 Å². The van der Waals surface area contributed by atoms with E-state index in [1.165, 1.54) is 16.7 Å². The van der Waals surface area contributed by atoms with Crippen LogP contribution >= 0.6 is 11.6 Å². The summed E-state index contributed by atoms with van der Waals surface area (Å²) in [4.78, 5) is 12.5. The van der Waals surface area contributed by atoms with Gasteiger partial charge in [0.25, 0.3) is 5.56 Å². The second-order valence-electron chi connectivity index (χ2n) is 4.80. The third-order valence-corrected chi connectivity index (χ3v) is 3.67. The lowest BCUT2D eigenvalue weighted by Crippen LogP contribution is -2.23. The van der Waals surface area contributed by atoms with Crippen molar-refractivity contribution in [1.29, 1.82) is 0 Å². The van der Waals surface area contributed by atoms with Gasteiger partial charge in [0.2, 0.25) is 0 Å². The summed E-state index contributed by atoms with van der Waals surface area (Å²) in [5.41, 5.74) is 6.50. The molecule has 0 amide bonds. The van der Waals surface area contributed by atoms with Gasteiger partial charge in [0.05, 0.1) is 11.6 Å². The Kier molecular flexibility index (Phi) is 3.39.